The van der Waals surface area contributed by atoms with E-state index in [1.165, 1.54) is 5.75 Å². The largest absolute Gasteiger partial charge is 0.355 e. The molecule has 3 nitrogen and oxygen atoms in total. The van der Waals surface area contributed by atoms with Crippen molar-refractivity contribution >= 4 is 17.7 Å². The van der Waals surface area contributed by atoms with Crippen LogP contribution in [0.2, 0.25) is 0 Å². The first-order valence-corrected chi connectivity index (χ1v) is 7.55. The van der Waals surface area contributed by atoms with E-state index in [-0.39, 0.29) is 0 Å². The number of nitrogens with zero attached hydrogens (tertiary/aromatic N) is 2. The molecule has 1 N–H and O–H groups in total. The third-order valence-corrected chi connectivity index (χ3v) is 3.37. The zero-order valence-corrected chi connectivity index (χ0v) is 11.7. The highest BCUT2D eigenvalue weighted by Gasteiger charge is 2.06. The van der Waals surface area contributed by atoms with E-state index in [1.807, 2.05) is 36.9 Å². The predicted molar refractivity (Wildman–Crippen MR) is 79.8 cm³/mol. The van der Waals surface area contributed by atoms with E-state index in [0.717, 1.165) is 30.3 Å². The first-order valence-electron chi connectivity index (χ1n) is 6.15. The van der Waals surface area contributed by atoms with Crippen molar-refractivity contribution in [3.63, 3.8) is 0 Å². The van der Waals surface area contributed by atoms with Crippen LogP contribution in [0.5, 0.6) is 0 Å². The smallest absolute Gasteiger partial charge is 0.207 e. The van der Waals surface area contributed by atoms with E-state index in [2.05, 4.69) is 39.5 Å². The lowest BCUT2D eigenvalue weighted by atomic mass is 10.3. The lowest BCUT2D eigenvalue weighted by Gasteiger charge is -2.09. The van der Waals surface area contributed by atoms with Gasteiger partial charge in [0.25, 0.3) is 0 Å². The van der Waals surface area contributed by atoms with Crippen molar-refractivity contribution in [1.29, 1.82) is 0 Å². The van der Waals surface area contributed by atoms with Crippen LogP contribution >= 0.6 is 11.8 Å². The Morgan fingerprint density at radius 2 is 2.06 bits per heavy atom. The van der Waals surface area contributed by atoms with Gasteiger partial charge in [-0.3, -0.25) is 4.57 Å². The van der Waals surface area contributed by atoms with Crippen molar-refractivity contribution in [3.8, 4) is 5.69 Å². The molecule has 2 aromatic rings. The molecule has 18 heavy (non-hydrogen) atoms. The number of aromatic nitrogens is 2. The molecule has 0 aliphatic carbocycles. The van der Waals surface area contributed by atoms with E-state index in [0.29, 0.717) is 0 Å². The van der Waals surface area contributed by atoms with E-state index in [9.17, 15) is 0 Å². The highest BCUT2D eigenvalue weighted by molar-refractivity contribution is 7.98. The quantitative estimate of drug-likeness (QED) is 0.809. The maximum Gasteiger partial charge on any atom is 0.207 e. The van der Waals surface area contributed by atoms with Crippen LogP contribution in [0.25, 0.3) is 5.69 Å². The Hall–Kier alpha value is -1.42. The first-order chi connectivity index (χ1) is 8.81. The molecule has 0 aliphatic heterocycles. The Balaban J connectivity index is 2.11. The van der Waals surface area contributed by atoms with Crippen molar-refractivity contribution in [2.45, 2.75) is 13.3 Å². The number of imidazole rings is 1. The van der Waals surface area contributed by atoms with Gasteiger partial charge in [-0.15, -0.1) is 0 Å². The molecule has 1 aromatic heterocycles. The summed E-state index contributed by atoms with van der Waals surface area (Å²) in [7, 11) is 0. The summed E-state index contributed by atoms with van der Waals surface area (Å²) in [6.07, 6.45) is 5.35. The molecule has 0 aliphatic rings. The minimum atomic E-state index is 0.930. The fourth-order valence-corrected chi connectivity index (χ4v) is 2.26. The second kappa shape index (κ2) is 6.50. The molecule has 1 aromatic carbocycles. The van der Waals surface area contributed by atoms with Crippen LogP contribution in [-0.2, 0) is 0 Å². The summed E-state index contributed by atoms with van der Waals surface area (Å²) in [5.74, 6) is 2.11. The molecule has 0 fully saturated rings. The second-order valence-electron chi connectivity index (χ2n) is 4.18. The summed E-state index contributed by atoms with van der Waals surface area (Å²) in [5, 5.41) is 3.41. The maximum absolute atomic E-state index is 4.53. The Bertz CT molecular complexity index is 479. The van der Waals surface area contributed by atoms with Gasteiger partial charge in [-0.05, 0) is 37.5 Å². The molecule has 0 saturated carbocycles. The molecule has 0 atom stereocenters. The molecule has 0 bridgehead atoms. The minimum Gasteiger partial charge on any atom is -0.355 e. The fraction of sp³-hybridized carbons (Fsp3) is 0.357. The summed E-state index contributed by atoms with van der Waals surface area (Å²) < 4.78 is 2.11. The topological polar surface area (TPSA) is 29.9 Å². The monoisotopic (exact) mass is 261 g/mol. The van der Waals surface area contributed by atoms with Gasteiger partial charge in [0.2, 0.25) is 5.95 Å². The second-order valence-corrected chi connectivity index (χ2v) is 5.17. The van der Waals surface area contributed by atoms with Gasteiger partial charge in [-0.25, -0.2) is 4.98 Å². The van der Waals surface area contributed by atoms with Gasteiger partial charge in [0.05, 0.1) is 5.69 Å². The number of nitrogens with one attached hydrogen (secondary N) is 1. The average Bonchev–Trinajstić information content (AvgIpc) is 2.77. The highest BCUT2D eigenvalue weighted by Crippen LogP contribution is 2.16. The van der Waals surface area contributed by atoms with Crippen LogP contribution < -0.4 is 5.32 Å². The van der Waals surface area contributed by atoms with Crippen LogP contribution in [-0.4, -0.2) is 28.1 Å². The van der Waals surface area contributed by atoms with Crippen LogP contribution in [0.1, 0.15) is 12.1 Å². The maximum atomic E-state index is 4.53. The summed E-state index contributed by atoms with van der Waals surface area (Å²) in [5.41, 5.74) is 2.18. The summed E-state index contributed by atoms with van der Waals surface area (Å²) in [6, 6.07) is 10.3. The van der Waals surface area contributed by atoms with Crippen molar-refractivity contribution in [1.82, 2.24) is 9.55 Å². The molecule has 2 rings (SSSR count). The van der Waals surface area contributed by atoms with Crippen molar-refractivity contribution in [2.75, 3.05) is 23.9 Å². The Labute approximate surface area is 113 Å². The Kier molecular flexibility index (Phi) is 4.70. The average molecular weight is 261 g/mol. The molecule has 96 valence electrons. The molecular weight excluding hydrogens is 242 g/mol. The summed E-state index contributed by atoms with van der Waals surface area (Å²) in [6.45, 7) is 2.98. The van der Waals surface area contributed by atoms with Gasteiger partial charge < -0.3 is 5.32 Å². The minimum absolute atomic E-state index is 0.930. The number of para-hydroxylation sites is 1. The Morgan fingerprint density at radius 3 is 2.78 bits per heavy atom. The van der Waals surface area contributed by atoms with Gasteiger partial charge in [0, 0.05) is 18.4 Å². The molecule has 0 amide bonds. The third-order valence-electron chi connectivity index (χ3n) is 2.67. The zero-order chi connectivity index (χ0) is 12.8. The fourth-order valence-electron chi connectivity index (χ4n) is 1.82. The van der Waals surface area contributed by atoms with Crippen LogP contribution in [0.4, 0.5) is 5.95 Å². The highest BCUT2D eigenvalue weighted by atomic mass is 32.2. The van der Waals surface area contributed by atoms with Gasteiger partial charge in [-0.2, -0.15) is 11.8 Å². The lowest BCUT2D eigenvalue weighted by Crippen LogP contribution is -2.08. The van der Waals surface area contributed by atoms with Gasteiger partial charge in [0.1, 0.15) is 0 Å². The zero-order valence-electron chi connectivity index (χ0n) is 10.9. The van der Waals surface area contributed by atoms with Gasteiger partial charge >= 0.3 is 0 Å². The number of benzene rings is 1. The third kappa shape index (κ3) is 3.29. The summed E-state index contributed by atoms with van der Waals surface area (Å²) >= 11 is 1.88. The van der Waals surface area contributed by atoms with Gasteiger partial charge in [-0.1, -0.05) is 18.2 Å². The first kappa shape index (κ1) is 13.0. The lowest BCUT2D eigenvalue weighted by molar-refractivity contribution is 0.945. The van der Waals surface area contributed by atoms with Gasteiger partial charge in [0.15, 0.2) is 0 Å². The van der Waals surface area contributed by atoms with Crippen molar-refractivity contribution < 1.29 is 0 Å². The van der Waals surface area contributed by atoms with Crippen molar-refractivity contribution in [2.24, 2.45) is 0 Å². The number of anilines is 1. The Morgan fingerprint density at radius 1 is 1.28 bits per heavy atom. The number of thioether (sulfide) groups is 1. The van der Waals surface area contributed by atoms with E-state index in [4.69, 9.17) is 0 Å². The molecule has 1 heterocycles. The van der Waals surface area contributed by atoms with E-state index >= 15 is 0 Å². The van der Waals surface area contributed by atoms with Crippen molar-refractivity contribution in [3.05, 3.63) is 42.2 Å². The SMILES string of the molecule is CSCCCNc1nc(C)cn1-c1ccccc1. The molecular formula is C14H19N3S. The molecule has 0 unspecified atom stereocenters. The molecule has 0 radical (unpaired) electrons. The number of rotatable bonds is 6. The summed E-state index contributed by atoms with van der Waals surface area (Å²) in [4.78, 5) is 4.53. The van der Waals surface area contributed by atoms with E-state index < -0.39 is 0 Å². The normalized spacial score (nSPS) is 10.6. The van der Waals surface area contributed by atoms with Crippen LogP contribution in [0, 0.1) is 6.92 Å². The van der Waals surface area contributed by atoms with Crippen LogP contribution in [0.3, 0.4) is 0 Å². The van der Waals surface area contributed by atoms with E-state index in [1.54, 1.807) is 0 Å². The van der Waals surface area contributed by atoms with Crippen LogP contribution in [0.15, 0.2) is 36.5 Å². The number of hydrogen-bond donors (Lipinski definition) is 1. The molecule has 4 heteroatoms. The number of aryl methyl sites for hydroxylation is 1. The standard InChI is InChI=1S/C14H19N3S/c1-12-11-17(13-7-4-3-5-8-13)14(16-12)15-9-6-10-18-2/h3-5,7-8,11H,6,9-10H2,1-2H3,(H,15,16). The number of hydrogen-bond acceptors (Lipinski definition) is 3. The molecule has 0 spiro atoms. The molecule has 0 saturated heterocycles. The predicted octanol–water partition coefficient (Wildman–Crippen LogP) is 3.35.